The van der Waals surface area contributed by atoms with Crippen LogP contribution in [0.15, 0.2) is 36.4 Å². The van der Waals surface area contributed by atoms with Gasteiger partial charge in [0.15, 0.2) is 0 Å². The number of nitro groups is 1. The second-order valence-corrected chi connectivity index (χ2v) is 4.64. The van der Waals surface area contributed by atoms with Gasteiger partial charge in [0.25, 0.3) is 0 Å². The first-order chi connectivity index (χ1) is 9.49. The molecule has 2 rings (SSSR count). The van der Waals surface area contributed by atoms with Gasteiger partial charge in [0.05, 0.1) is 4.92 Å². The molecule has 0 radical (unpaired) electrons. The number of hydrogen-bond acceptors (Lipinski definition) is 3. The SMILES string of the molecule is Cc1cccc(NCc2ccc([N+](=O)[O-])c(F)c2)c1C. The average Bonchev–Trinajstić information content (AvgIpc) is 2.40. The van der Waals surface area contributed by atoms with Gasteiger partial charge in [-0.25, -0.2) is 0 Å². The van der Waals surface area contributed by atoms with Crippen LogP contribution in [0.4, 0.5) is 15.8 Å². The molecule has 0 atom stereocenters. The van der Waals surface area contributed by atoms with Crippen LogP contribution < -0.4 is 5.32 Å². The molecule has 0 aromatic heterocycles. The summed E-state index contributed by atoms with van der Waals surface area (Å²) in [5, 5.41) is 13.8. The van der Waals surface area contributed by atoms with Crippen molar-refractivity contribution in [1.29, 1.82) is 0 Å². The lowest BCUT2D eigenvalue weighted by molar-refractivity contribution is -0.387. The predicted octanol–water partition coefficient (Wildman–Crippen LogP) is 3.96. The highest BCUT2D eigenvalue weighted by Crippen LogP contribution is 2.21. The Bertz CT molecular complexity index is 656. The number of rotatable bonds is 4. The summed E-state index contributed by atoms with van der Waals surface area (Å²) in [6.45, 7) is 4.44. The average molecular weight is 274 g/mol. The summed E-state index contributed by atoms with van der Waals surface area (Å²) in [6, 6.07) is 9.85. The molecule has 0 fully saturated rings. The number of aryl methyl sites for hydroxylation is 1. The molecule has 0 aliphatic rings. The number of nitro benzene ring substituents is 1. The van der Waals surface area contributed by atoms with Crippen LogP contribution in [0, 0.1) is 29.8 Å². The fourth-order valence-electron chi connectivity index (χ4n) is 1.95. The molecule has 104 valence electrons. The Balaban J connectivity index is 2.13. The van der Waals surface area contributed by atoms with E-state index in [9.17, 15) is 14.5 Å². The Morgan fingerprint density at radius 2 is 2.00 bits per heavy atom. The van der Waals surface area contributed by atoms with Gasteiger partial charge in [0, 0.05) is 18.3 Å². The van der Waals surface area contributed by atoms with Crippen molar-refractivity contribution in [2.75, 3.05) is 5.32 Å². The van der Waals surface area contributed by atoms with Crippen LogP contribution in [0.3, 0.4) is 0 Å². The number of benzene rings is 2. The van der Waals surface area contributed by atoms with E-state index in [4.69, 9.17) is 0 Å². The summed E-state index contributed by atoms with van der Waals surface area (Å²) >= 11 is 0. The highest BCUT2D eigenvalue weighted by molar-refractivity contribution is 5.54. The van der Waals surface area contributed by atoms with Crippen molar-refractivity contribution in [2.24, 2.45) is 0 Å². The maximum absolute atomic E-state index is 13.5. The lowest BCUT2D eigenvalue weighted by atomic mass is 10.1. The summed E-state index contributed by atoms with van der Waals surface area (Å²) in [4.78, 5) is 9.82. The van der Waals surface area contributed by atoms with Crippen molar-refractivity contribution in [3.63, 3.8) is 0 Å². The second kappa shape index (κ2) is 5.69. The fourth-order valence-corrected chi connectivity index (χ4v) is 1.95. The first-order valence-electron chi connectivity index (χ1n) is 6.22. The molecule has 20 heavy (non-hydrogen) atoms. The Kier molecular flexibility index (Phi) is 3.98. The van der Waals surface area contributed by atoms with Crippen LogP contribution in [-0.4, -0.2) is 4.92 Å². The van der Waals surface area contributed by atoms with Gasteiger partial charge in [-0.2, -0.15) is 4.39 Å². The van der Waals surface area contributed by atoms with E-state index in [1.165, 1.54) is 17.7 Å². The Hall–Kier alpha value is -2.43. The van der Waals surface area contributed by atoms with Crippen LogP contribution in [-0.2, 0) is 6.54 Å². The molecule has 4 nitrogen and oxygen atoms in total. The molecule has 0 saturated heterocycles. The van der Waals surface area contributed by atoms with Crippen LogP contribution in [0.25, 0.3) is 0 Å². The molecule has 2 aromatic rings. The first-order valence-corrected chi connectivity index (χ1v) is 6.22. The molecule has 0 unspecified atom stereocenters. The van der Waals surface area contributed by atoms with Gasteiger partial charge in [-0.15, -0.1) is 0 Å². The summed E-state index contributed by atoms with van der Waals surface area (Å²) in [5.41, 5.74) is 3.44. The number of nitrogens with zero attached hydrogens (tertiary/aromatic N) is 1. The summed E-state index contributed by atoms with van der Waals surface area (Å²) < 4.78 is 13.5. The van der Waals surface area contributed by atoms with Crippen LogP contribution in [0.5, 0.6) is 0 Å². The molecule has 0 saturated carbocycles. The van der Waals surface area contributed by atoms with Crippen molar-refractivity contribution in [3.8, 4) is 0 Å². The van der Waals surface area contributed by atoms with E-state index < -0.39 is 16.4 Å². The number of hydrogen-bond donors (Lipinski definition) is 1. The van der Waals surface area contributed by atoms with Crippen molar-refractivity contribution < 1.29 is 9.31 Å². The lowest BCUT2D eigenvalue weighted by Gasteiger charge is -2.11. The largest absolute Gasteiger partial charge is 0.381 e. The van der Waals surface area contributed by atoms with Crippen molar-refractivity contribution in [2.45, 2.75) is 20.4 Å². The van der Waals surface area contributed by atoms with Gasteiger partial charge < -0.3 is 5.32 Å². The van der Waals surface area contributed by atoms with Crippen molar-refractivity contribution in [1.82, 2.24) is 0 Å². The number of nitrogens with one attached hydrogen (secondary N) is 1. The zero-order valence-corrected chi connectivity index (χ0v) is 11.3. The maximum Gasteiger partial charge on any atom is 0.304 e. The maximum atomic E-state index is 13.5. The van der Waals surface area contributed by atoms with Crippen LogP contribution in [0.1, 0.15) is 16.7 Å². The number of halogens is 1. The van der Waals surface area contributed by atoms with E-state index in [1.807, 2.05) is 32.0 Å². The van der Waals surface area contributed by atoms with Gasteiger partial charge >= 0.3 is 5.69 Å². The Labute approximate surface area is 116 Å². The number of anilines is 1. The topological polar surface area (TPSA) is 55.2 Å². The summed E-state index contributed by atoms with van der Waals surface area (Å²) in [5.74, 6) is -0.810. The monoisotopic (exact) mass is 274 g/mol. The third-order valence-corrected chi connectivity index (χ3v) is 3.30. The van der Waals surface area contributed by atoms with E-state index in [-0.39, 0.29) is 0 Å². The fraction of sp³-hybridized carbons (Fsp3) is 0.200. The highest BCUT2D eigenvalue weighted by Gasteiger charge is 2.13. The van der Waals surface area contributed by atoms with E-state index in [2.05, 4.69) is 5.32 Å². The molecule has 2 aromatic carbocycles. The smallest absolute Gasteiger partial charge is 0.304 e. The second-order valence-electron chi connectivity index (χ2n) is 4.64. The highest BCUT2D eigenvalue weighted by atomic mass is 19.1. The van der Waals surface area contributed by atoms with Crippen molar-refractivity contribution in [3.05, 3.63) is 69.0 Å². The molecule has 0 aliphatic carbocycles. The third kappa shape index (κ3) is 2.93. The van der Waals surface area contributed by atoms with Crippen LogP contribution >= 0.6 is 0 Å². The molecule has 5 heteroatoms. The lowest BCUT2D eigenvalue weighted by Crippen LogP contribution is -2.03. The van der Waals surface area contributed by atoms with Gasteiger partial charge in [0.1, 0.15) is 0 Å². The molecule has 0 spiro atoms. The van der Waals surface area contributed by atoms with E-state index >= 15 is 0 Å². The molecule has 0 heterocycles. The van der Waals surface area contributed by atoms with Gasteiger partial charge in [0.2, 0.25) is 5.82 Å². The zero-order valence-electron chi connectivity index (χ0n) is 11.3. The molecule has 1 N–H and O–H groups in total. The Morgan fingerprint density at radius 3 is 2.65 bits per heavy atom. The zero-order chi connectivity index (χ0) is 14.7. The first kappa shape index (κ1) is 14.0. The molecular formula is C15H15FN2O2. The van der Waals surface area contributed by atoms with Gasteiger partial charge in [-0.3, -0.25) is 10.1 Å². The Morgan fingerprint density at radius 1 is 1.25 bits per heavy atom. The van der Waals surface area contributed by atoms with E-state index in [0.717, 1.165) is 11.3 Å². The van der Waals surface area contributed by atoms with Crippen LogP contribution in [0.2, 0.25) is 0 Å². The minimum Gasteiger partial charge on any atom is -0.381 e. The normalized spacial score (nSPS) is 10.3. The minimum atomic E-state index is -0.810. The summed E-state index contributed by atoms with van der Waals surface area (Å²) in [6.07, 6.45) is 0. The quantitative estimate of drug-likeness (QED) is 0.678. The van der Waals surface area contributed by atoms with Gasteiger partial charge in [-0.05, 0) is 42.7 Å². The molecule has 0 aliphatic heterocycles. The molecule has 0 bridgehead atoms. The van der Waals surface area contributed by atoms with Gasteiger partial charge in [-0.1, -0.05) is 18.2 Å². The summed E-state index contributed by atoms with van der Waals surface area (Å²) in [7, 11) is 0. The minimum absolute atomic E-state index is 0.416. The predicted molar refractivity (Wildman–Crippen MR) is 76.3 cm³/mol. The van der Waals surface area contributed by atoms with E-state index in [1.54, 1.807) is 6.07 Å². The standard InChI is InChI=1S/C15H15FN2O2/c1-10-4-3-5-14(11(10)2)17-9-12-6-7-15(18(19)20)13(16)8-12/h3-8,17H,9H2,1-2H3. The molecule has 0 amide bonds. The van der Waals surface area contributed by atoms with Crippen molar-refractivity contribution >= 4 is 11.4 Å². The molecular weight excluding hydrogens is 259 g/mol. The van der Waals surface area contributed by atoms with E-state index in [0.29, 0.717) is 12.1 Å². The third-order valence-electron chi connectivity index (χ3n) is 3.30.